The molecule has 6 nitrogen and oxygen atoms in total. The van der Waals surface area contributed by atoms with Gasteiger partial charge in [-0.3, -0.25) is 4.84 Å². The highest BCUT2D eigenvalue weighted by Crippen LogP contribution is 2.32. The van der Waals surface area contributed by atoms with E-state index in [4.69, 9.17) is 14.3 Å². The van der Waals surface area contributed by atoms with E-state index in [0.29, 0.717) is 17.2 Å². The first-order valence-corrected chi connectivity index (χ1v) is 7.42. The van der Waals surface area contributed by atoms with Crippen LogP contribution >= 0.6 is 0 Å². The number of ether oxygens (including phenoxy) is 2. The molecule has 0 spiro atoms. The average Bonchev–Trinajstić information content (AvgIpc) is 3.05. The summed E-state index contributed by atoms with van der Waals surface area (Å²) in [7, 11) is 3.10. The fourth-order valence-corrected chi connectivity index (χ4v) is 2.39. The average molecular weight is 306 g/mol. The molecule has 0 saturated heterocycles. The molecule has 1 aliphatic carbocycles. The lowest BCUT2D eigenvalue weighted by Crippen LogP contribution is -2.17. The molecule has 1 aliphatic rings. The van der Waals surface area contributed by atoms with E-state index in [9.17, 15) is 4.79 Å². The van der Waals surface area contributed by atoms with Gasteiger partial charge >= 0.3 is 6.09 Å². The minimum absolute atomic E-state index is 0.239. The Morgan fingerprint density at radius 1 is 1.27 bits per heavy atom. The van der Waals surface area contributed by atoms with Crippen LogP contribution in [0.1, 0.15) is 38.2 Å². The summed E-state index contributed by atoms with van der Waals surface area (Å²) in [5.41, 5.74) is 1.40. The molecule has 120 valence electrons. The fraction of sp³-hybridized carbons (Fsp3) is 0.500. The van der Waals surface area contributed by atoms with Crippen molar-refractivity contribution in [3.05, 3.63) is 23.8 Å². The maximum absolute atomic E-state index is 11.1. The van der Waals surface area contributed by atoms with Crippen LogP contribution in [0.4, 0.5) is 4.79 Å². The molecule has 22 heavy (non-hydrogen) atoms. The largest absolute Gasteiger partial charge is 0.493 e. The molecular weight excluding hydrogens is 284 g/mol. The van der Waals surface area contributed by atoms with Gasteiger partial charge in [-0.05, 0) is 50.8 Å². The predicted octanol–water partition coefficient (Wildman–Crippen LogP) is 3.10. The Morgan fingerprint density at radius 3 is 2.64 bits per heavy atom. The van der Waals surface area contributed by atoms with E-state index in [2.05, 4.69) is 10.5 Å². The highest BCUT2D eigenvalue weighted by atomic mass is 16.7. The number of oxime groups is 1. The van der Waals surface area contributed by atoms with E-state index >= 15 is 0 Å². The Hall–Kier alpha value is -2.24. The second-order valence-electron chi connectivity index (χ2n) is 5.20. The van der Waals surface area contributed by atoms with Gasteiger partial charge in [0.2, 0.25) is 0 Å². The van der Waals surface area contributed by atoms with Crippen molar-refractivity contribution < 1.29 is 19.1 Å². The number of carbonyl (C=O) groups excluding carboxylic acids is 1. The summed E-state index contributed by atoms with van der Waals surface area (Å²) in [5.74, 6) is 1.39. The lowest BCUT2D eigenvalue weighted by atomic mass is 10.1. The van der Waals surface area contributed by atoms with Crippen molar-refractivity contribution in [2.24, 2.45) is 5.16 Å². The standard InChI is InChI=1S/C16H22N2O4/c1-11(18-22-16(19)17-2)12-8-9-14(20-3)15(10-12)21-13-6-4-5-7-13/h8-10,13H,4-7H2,1-3H3,(H,17,19). The summed E-state index contributed by atoms with van der Waals surface area (Å²) in [6.45, 7) is 1.77. The third kappa shape index (κ3) is 4.13. The number of methoxy groups -OCH3 is 1. The van der Waals surface area contributed by atoms with Crippen LogP contribution in [0.15, 0.2) is 23.4 Å². The van der Waals surface area contributed by atoms with Crippen molar-refractivity contribution in [1.82, 2.24) is 5.32 Å². The normalized spacial score (nSPS) is 15.5. The van der Waals surface area contributed by atoms with Crippen molar-refractivity contribution in [1.29, 1.82) is 0 Å². The lowest BCUT2D eigenvalue weighted by Gasteiger charge is -2.16. The minimum Gasteiger partial charge on any atom is -0.493 e. The molecule has 6 heteroatoms. The smallest absolute Gasteiger partial charge is 0.433 e. The zero-order valence-corrected chi connectivity index (χ0v) is 13.2. The van der Waals surface area contributed by atoms with Gasteiger partial charge in [-0.1, -0.05) is 5.16 Å². The van der Waals surface area contributed by atoms with E-state index in [1.165, 1.54) is 19.9 Å². The van der Waals surface area contributed by atoms with E-state index in [-0.39, 0.29) is 6.10 Å². The van der Waals surface area contributed by atoms with Gasteiger partial charge in [-0.25, -0.2) is 4.79 Å². The monoisotopic (exact) mass is 306 g/mol. The maximum Gasteiger partial charge on any atom is 0.433 e. The second-order valence-corrected chi connectivity index (χ2v) is 5.20. The maximum atomic E-state index is 11.1. The van der Waals surface area contributed by atoms with E-state index in [1.54, 1.807) is 14.0 Å². The molecule has 0 aromatic heterocycles. The van der Waals surface area contributed by atoms with E-state index < -0.39 is 6.09 Å². The number of hydrogen-bond acceptors (Lipinski definition) is 5. The number of hydrogen-bond donors (Lipinski definition) is 1. The Bertz CT molecular complexity index is 551. The number of benzene rings is 1. The van der Waals surface area contributed by atoms with Gasteiger partial charge in [0.1, 0.15) is 0 Å². The number of carbonyl (C=O) groups is 1. The first-order valence-electron chi connectivity index (χ1n) is 7.42. The van der Waals surface area contributed by atoms with E-state index in [1.807, 2.05) is 18.2 Å². The summed E-state index contributed by atoms with van der Waals surface area (Å²) in [6, 6.07) is 5.55. The number of nitrogens with zero attached hydrogens (tertiary/aromatic N) is 1. The van der Waals surface area contributed by atoms with Crippen LogP contribution in [0.25, 0.3) is 0 Å². The van der Waals surface area contributed by atoms with Gasteiger partial charge in [-0.15, -0.1) is 0 Å². The van der Waals surface area contributed by atoms with Gasteiger partial charge in [-0.2, -0.15) is 0 Å². The van der Waals surface area contributed by atoms with Crippen molar-refractivity contribution in [3.63, 3.8) is 0 Å². The molecule has 1 aromatic carbocycles. The Balaban J connectivity index is 2.16. The van der Waals surface area contributed by atoms with Crippen LogP contribution in [-0.4, -0.2) is 32.1 Å². The van der Waals surface area contributed by atoms with Crippen LogP contribution in [0, 0.1) is 0 Å². The number of amides is 1. The highest BCUT2D eigenvalue weighted by molar-refractivity contribution is 5.99. The van der Waals surface area contributed by atoms with Crippen LogP contribution in [0.3, 0.4) is 0 Å². The van der Waals surface area contributed by atoms with Crippen LogP contribution in [-0.2, 0) is 4.84 Å². The third-order valence-electron chi connectivity index (χ3n) is 3.65. The molecule has 1 aromatic rings. The summed E-state index contributed by atoms with van der Waals surface area (Å²) < 4.78 is 11.4. The van der Waals surface area contributed by atoms with Gasteiger partial charge in [0.25, 0.3) is 0 Å². The summed E-state index contributed by atoms with van der Waals surface area (Å²) in [6.07, 6.45) is 4.18. The molecule has 0 radical (unpaired) electrons. The molecule has 0 unspecified atom stereocenters. The van der Waals surface area contributed by atoms with Gasteiger partial charge in [0.05, 0.1) is 18.9 Å². The van der Waals surface area contributed by atoms with Crippen LogP contribution < -0.4 is 14.8 Å². The third-order valence-corrected chi connectivity index (χ3v) is 3.65. The minimum atomic E-state index is -0.602. The molecule has 2 rings (SSSR count). The summed E-state index contributed by atoms with van der Waals surface area (Å²) in [4.78, 5) is 15.8. The van der Waals surface area contributed by atoms with Crippen LogP contribution in [0.5, 0.6) is 11.5 Å². The SMILES string of the molecule is CNC(=O)ON=C(C)c1ccc(OC)c(OC2CCCC2)c1. The molecular formula is C16H22N2O4. The molecule has 0 atom stereocenters. The molecule has 0 bridgehead atoms. The quantitative estimate of drug-likeness (QED) is 0.515. The van der Waals surface area contributed by atoms with E-state index in [0.717, 1.165) is 18.4 Å². The van der Waals surface area contributed by atoms with Crippen molar-refractivity contribution in [2.45, 2.75) is 38.7 Å². The van der Waals surface area contributed by atoms with Crippen molar-refractivity contribution >= 4 is 11.8 Å². The summed E-state index contributed by atoms with van der Waals surface area (Å²) >= 11 is 0. The number of rotatable bonds is 5. The Labute approximate surface area is 130 Å². The molecule has 1 fully saturated rings. The molecule has 1 amide bonds. The van der Waals surface area contributed by atoms with Gasteiger partial charge < -0.3 is 14.8 Å². The predicted molar refractivity (Wildman–Crippen MR) is 83.6 cm³/mol. The van der Waals surface area contributed by atoms with Crippen molar-refractivity contribution in [2.75, 3.05) is 14.2 Å². The number of nitrogens with one attached hydrogen (secondary N) is 1. The molecule has 1 saturated carbocycles. The first-order chi connectivity index (χ1) is 10.6. The van der Waals surface area contributed by atoms with Gasteiger partial charge in [0.15, 0.2) is 11.5 Å². The Kier molecular flexibility index (Phi) is 5.63. The zero-order valence-electron chi connectivity index (χ0n) is 13.2. The topological polar surface area (TPSA) is 69.2 Å². The fourth-order valence-electron chi connectivity index (χ4n) is 2.39. The highest BCUT2D eigenvalue weighted by Gasteiger charge is 2.19. The zero-order chi connectivity index (χ0) is 15.9. The molecule has 1 N–H and O–H groups in total. The van der Waals surface area contributed by atoms with Gasteiger partial charge in [0, 0.05) is 12.6 Å². The second kappa shape index (κ2) is 7.68. The molecule has 0 aliphatic heterocycles. The van der Waals surface area contributed by atoms with Crippen LogP contribution in [0.2, 0.25) is 0 Å². The Morgan fingerprint density at radius 2 is 2.00 bits per heavy atom. The summed E-state index contributed by atoms with van der Waals surface area (Å²) in [5, 5.41) is 6.14. The van der Waals surface area contributed by atoms with Crippen molar-refractivity contribution in [3.8, 4) is 11.5 Å². The molecule has 0 heterocycles. The first kappa shape index (κ1) is 16.1. The lowest BCUT2D eigenvalue weighted by molar-refractivity contribution is 0.153.